The molecule has 0 bridgehead atoms. The molecule has 2 heterocycles. The van der Waals surface area contributed by atoms with Crippen molar-refractivity contribution in [3.05, 3.63) is 171 Å². The van der Waals surface area contributed by atoms with Crippen LogP contribution in [0.5, 0.6) is 0 Å². The van der Waals surface area contributed by atoms with Crippen molar-refractivity contribution in [2.75, 3.05) is 32.7 Å². The van der Waals surface area contributed by atoms with Gasteiger partial charge in [0, 0.05) is 73.3 Å². The number of aryl methyl sites for hydroxylation is 2. The van der Waals surface area contributed by atoms with E-state index in [4.69, 9.17) is 4.74 Å². The van der Waals surface area contributed by atoms with Crippen LogP contribution in [-0.4, -0.2) is 122 Å². The highest BCUT2D eigenvalue weighted by Gasteiger charge is 2.39. The van der Waals surface area contributed by atoms with E-state index in [9.17, 15) is 51.7 Å². The van der Waals surface area contributed by atoms with E-state index in [2.05, 4.69) is 15.6 Å². The molecule has 6 rings (SSSR count). The Morgan fingerprint density at radius 2 is 1.06 bits per heavy atom. The van der Waals surface area contributed by atoms with Crippen LogP contribution in [0.25, 0.3) is 0 Å². The first-order chi connectivity index (χ1) is 38.4. The Bertz CT molecular complexity index is 2870. The standard InChI is InChI=1S/C34H47F2N3O5.C29H33F2N3O3/c1-7-12-38(13-8-2)32(42)25-16-22(3)15-24(20-25)31(41)37-28(19-23-17-26(35)21-27(36)18-23)30(40)29-11-9-10-14-39(29)33(43)44-34(4,5)6;1-4-10-34(11-5-2)29(37)22-13-19(3)12-21(17-22)28(36)33-26(27(35)25-8-6-7-9-32-25)16-20-14-23(30)18-24(31)15-20/h15-18,20-21,28-30,40H,7-14,19H2,1-6H3,(H,37,41);6-9,12-15,17-18,26-27,35H,4-5,10-11,16H2,1-3H3,(H,33,36)/t28-,29?,30?;26-,27?/m00/s1. The summed E-state index contributed by atoms with van der Waals surface area (Å²) in [6.07, 6.45) is 3.42. The number of benzene rings is 4. The summed E-state index contributed by atoms with van der Waals surface area (Å²) in [6, 6.07) is 18.3. The Morgan fingerprint density at radius 3 is 1.48 bits per heavy atom. The molecule has 3 unspecified atom stereocenters. The predicted molar refractivity (Wildman–Crippen MR) is 304 cm³/mol. The summed E-state index contributed by atoms with van der Waals surface area (Å²) >= 11 is 0. The van der Waals surface area contributed by atoms with Gasteiger partial charge < -0.3 is 40.3 Å². The summed E-state index contributed by atoms with van der Waals surface area (Å²) in [4.78, 5) is 75.8. The first-order valence-corrected chi connectivity index (χ1v) is 28.0. The van der Waals surface area contributed by atoms with E-state index in [1.807, 2.05) is 27.7 Å². The van der Waals surface area contributed by atoms with Gasteiger partial charge in [-0.1, -0.05) is 33.8 Å². The van der Waals surface area contributed by atoms with Crippen LogP contribution < -0.4 is 10.6 Å². The number of hydrogen-bond donors (Lipinski definition) is 4. The molecule has 0 spiro atoms. The van der Waals surface area contributed by atoms with Crippen molar-refractivity contribution in [1.29, 1.82) is 0 Å². The molecule has 1 fully saturated rings. The fourth-order valence-electron chi connectivity index (χ4n) is 10.0. The first kappa shape index (κ1) is 64.6. The molecule has 1 aromatic heterocycles. The number of hydrogen-bond acceptors (Lipinski definition) is 9. The number of halogens is 4. The normalized spacial score (nSPS) is 14.8. The number of nitrogens with one attached hydrogen (secondary N) is 2. The van der Waals surface area contributed by atoms with Gasteiger partial charge in [0.05, 0.1) is 29.9 Å². The average Bonchev–Trinajstić information content (AvgIpc) is 3.45. The van der Waals surface area contributed by atoms with Crippen molar-refractivity contribution in [3.8, 4) is 0 Å². The minimum atomic E-state index is -1.28. The second-order valence-electron chi connectivity index (χ2n) is 21.8. The molecular formula is C63H80F4N6O8. The Morgan fingerprint density at radius 1 is 0.630 bits per heavy atom. The number of piperidine rings is 1. The molecule has 438 valence electrons. The molecule has 0 radical (unpaired) electrons. The van der Waals surface area contributed by atoms with Crippen LogP contribution in [0.4, 0.5) is 22.4 Å². The van der Waals surface area contributed by atoms with Gasteiger partial charge in [-0.3, -0.25) is 24.2 Å². The van der Waals surface area contributed by atoms with Crippen molar-refractivity contribution < 1.29 is 56.5 Å². The lowest BCUT2D eigenvalue weighted by molar-refractivity contribution is -0.0243. The number of aliphatic hydroxyl groups is 2. The lowest BCUT2D eigenvalue weighted by Gasteiger charge is -2.41. The summed E-state index contributed by atoms with van der Waals surface area (Å²) in [5, 5.41) is 28.4. The molecule has 4 aromatic carbocycles. The van der Waals surface area contributed by atoms with Crippen molar-refractivity contribution in [1.82, 2.24) is 30.3 Å². The fourth-order valence-corrected chi connectivity index (χ4v) is 10.0. The summed E-state index contributed by atoms with van der Waals surface area (Å²) < 4.78 is 61.5. The molecule has 0 aliphatic carbocycles. The third-order valence-electron chi connectivity index (χ3n) is 13.5. The van der Waals surface area contributed by atoms with Crippen molar-refractivity contribution in [2.45, 2.75) is 156 Å². The molecule has 14 nitrogen and oxygen atoms in total. The topological polar surface area (TPSA) is 182 Å². The van der Waals surface area contributed by atoms with Crippen LogP contribution in [-0.2, 0) is 17.6 Å². The van der Waals surface area contributed by atoms with E-state index in [1.54, 1.807) is 86.9 Å². The lowest BCUT2D eigenvalue weighted by atomic mass is 9.90. The number of carbonyl (C=O) groups is 5. The van der Waals surface area contributed by atoms with Gasteiger partial charge in [-0.05, 0) is 187 Å². The smallest absolute Gasteiger partial charge is 0.410 e. The molecule has 5 atom stereocenters. The van der Waals surface area contributed by atoms with Crippen molar-refractivity contribution >= 4 is 29.7 Å². The zero-order valence-corrected chi connectivity index (χ0v) is 48.2. The third-order valence-corrected chi connectivity index (χ3v) is 13.5. The zero-order valence-electron chi connectivity index (χ0n) is 48.2. The molecule has 4 N–H and O–H groups in total. The van der Waals surface area contributed by atoms with Crippen LogP contribution >= 0.6 is 0 Å². The quantitative estimate of drug-likeness (QED) is 0.0490. The summed E-state index contributed by atoms with van der Waals surface area (Å²) in [5.74, 6) is -4.46. The number of amides is 5. The molecule has 5 aromatic rings. The summed E-state index contributed by atoms with van der Waals surface area (Å²) in [6.45, 7) is 19.6. The fraction of sp³-hybridized carbons (Fsp3) is 0.460. The van der Waals surface area contributed by atoms with Crippen LogP contribution in [0.2, 0.25) is 0 Å². The molecular weight excluding hydrogens is 1040 g/mol. The predicted octanol–water partition coefficient (Wildman–Crippen LogP) is 11.0. The maximum atomic E-state index is 14.1. The van der Waals surface area contributed by atoms with Gasteiger partial charge in [0.1, 0.15) is 35.0 Å². The molecule has 1 aliphatic heterocycles. The molecule has 81 heavy (non-hydrogen) atoms. The number of likely N-dealkylation sites (tertiary alicyclic amines) is 1. The number of rotatable bonds is 22. The minimum absolute atomic E-state index is 0.0451. The van der Waals surface area contributed by atoms with Gasteiger partial charge in [0.2, 0.25) is 0 Å². The number of nitrogens with zero attached hydrogens (tertiary/aromatic N) is 4. The van der Waals surface area contributed by atoms with Gasteiger partial charge in [0.25, 0.3) is 23.6 Å². The Labute approximate surface area is 474 Å². The Balaban J connectivity index is 0.000000302. The largest absolute Gasteiger partial charge is 0.444 e. The lowest BCUT2D eigenvalue weighted by Crippen LogP contribution is -2.58. The molecule has 1 aliphatic rings. The molecule has 5 amide bonds. The van der Waals surface area contributed by atoms with E-state index >= 15 is 0 Å². The van der Waals surface area contributed by atoms with Crippen LogP contribution in [0.1, 0.15) is 169 Å². The van der Waals surface area contributed by atoms with E-state index in [-0.39, 0.29) is 46.9 Å². The second kappa shape index (κ2) is 30.6. The van der Waals surface area contributed by atoms with Gasteiger partial charge in [0.15, 0.2) is 0 Å². The highest BCUT2D eigenvalue weighted by atomic mass is 19.1. The number of ether oxygens (including phenoxy) is 1. The second-order valence-corrected chi connectivity index (χ2v) is 21.8. The maximum Gasteiger partial charge on any atom is 0.410 e. The Kier molecular flexibility index (Phi) is 24.4. The molecule has 0 saturated carbocycles. The Hall–Kier alpha value is -7.18. The van der Waals surface area contributed by atoms with E-state index in [0.717, 1.165) is 80.5 Å². The molecule has 1 saturated heterocycles. The molecule has 18 heteroatoms. The van der Waals surface area contributed by atoms with Gasteiger partial charge in [-0.25, -0.2) is 22.4 Å². The number of aromatic nitrogens is 1. The van der Waals surface area contributed by atoms with E-state index in [1.165, 1.54) is 23.2 Å². The zero-order chi connectivity index (χ0) is 59.6. The van der Waals surface area contributed by atoms with Crippen LogP contribution in [0.15, 0.2) is 97.2 Å². The van der Waals surface area contributed by atoms with Gasteiger partial charge in [-0.15, -0.1) is 0 Å². The van der Waals surface area contributed by atoms with Crippen molar-refractivity contribution in [3.63, 3.8) is 0 Å². The average molecular weight is 1130 g/mol. The first-order valence-electron chi connectivity index (χ1n) is 28.0. The monoisotopic (exact) mass is 1120 g/mol. The highest BCUT2D eigenvalue weighted by Crippen LogP contribution is 2.27. The van der Waals surface area contributed by atoms with Crippen LogP contribution in [0.3, 0.4) is 0 Å². The number of pyridine rings is 1. The van der Waals surface area contributed by atoms with E-state index < -0.39 is 77.1 Å². The SMILES string of the molecule is CCCN(CCC)C(=O)c1cc(C)cc(C(=O)N[C@@H](Cc2cc(F)cc(F)c2)C(O)C2CCCCN2C(=O)OC(C)(C)C)c1.CCCN(CCC)C(=O)c1cc(C)cc(C(=O)N[C@@H](Cc2cc(F)cc(F)c2)C(O)c2ccccn2)c1. The van der Waals surface area contributed by atoms with Crippen LogP contribution in [0, 0.1) is 37.1 Å². The maximum absolute atomic E-state index is 14.1. The number of aliphatic hydroxyl groups excluding tert-OH is 2. The summed E-state index contributed by atoms with van der Waals surface area (Å²) in [5.41, 5.74) is 2.76. The van der Waals surface area contributed by atoms with E-state index in [0.29, 0.717) is 61.5 Å². The van der Waals surface area contributed by atoms with Gasteiger partial charge >= 0.3 is 6.09 Å². The number of carbonyl (C=O) groups excluding carboxylic acids is 5. The highest BCUT2D eigenvalue weighted by molar-refractivity contribution is 6.01. The summed E-state index contributed by atoms with van der Waals surface area (Å²) in [7, 11) is 0. The van der Waals surface area contributed by atoms with Gasteiger partial charge in [-0.2, -0.15) is 0 Å². The van der Waals surface area contributed by atoms with Crippen molar-refractivity contribution in [2.24, 2.45) is 0 Å². The minimum Gasteiger partial charge on any atom is -0.444 e. The third kappa shape index (κ3) is 19.5.